The lowest BCUT2D eigenvalue weighted by Gasteiger charge is -2.09. The van der Waals surface area contributed by atoms with E-state index in [9.17, 15) is 0 Å². The topological polar surface area (TPSA) is 42.5 Å². The fourth-order valence-corrected chi connectivity index (χ4v) is 2.17. The monoisotopic (exact) mass is 275 g/mol. The molecule has 0 aliphatic carbocycles. The number of aromatic nitrogens is 2. The van der Waals surface area contributed by atoms with Gasteiger partial charge in [-0.1, -0.05) is 11.6 Å². The first-order valence-electron chi connectivity index (χ1n) is 6.12. The number of nitrogens with zero attached hydrogens (tertiary/aromatic N) is 2. The van der Waals surface area contributed by atoms with E-state index in [1.165, 1.54) is 0 Å². The van der Waals surface area contributed by atoms with Crippen molar-refractivity contribution >= 4 is 17.2 Å². The molecule has 3 aromatic rings. The fraction of sp³-hybridized carbons (Fsp3) is 0.214. The SMILES string of the molecule is CC(NCc1cn2cc(Cl)ccc2n1)c1ccco1. The van der Waals surface area contributed by atoms with Gasteiger partial charge >= 0.3 is 0 Å². The molecule has 0 fully saturated rings. The van der Waals surface area contributed by atoms with Gasteiger partial charge in [-0.2, -0.15) is 0 Å². The van der Waals surface area contributed by atoms with E-state index in [1.807, 2.05) is 41.1 Å². The molecule has 0 amide bonds. The third-order valence-corrected chi connectivity index (χ3v) is 3.25. The predicted octanol–water partition coefficient (Wildman–Crippen LogP) is 3.43. The molecule has 0 bridgehead atoms. The van der Waals surface area contributed by atoms with Gasteiger partial charge in [0.2, 0.25) is 0 Å². The van der Waals surface area contributed by atoms with Gasteiger partial charge in [0, 0.05) is 18.9 Å². The molecule has 98 valence electrons. The van der Waals surface area contributed by atoms with Crippen molar-refractivity contribution in [1.82, 2.24) is 14.7 Å². The molecule has 1 unspecified atom stereocenters. The van der Waals surface area contributed by atoms with E-state index in [1.54, 1.807) is 6.26 Å². The molecule has 3 rings (SSSR count). The number of fused-ring (bicyclic) bond motifs is 1. The number of halogens is 1. The van der Waals surface area contributed by atoms with Crippen LogP contribution in [0.5, 0.6) is 0 Å². The van der Waals surface area contributed by atoms with Crippen LogP contribution < -0.4 is 5.32 Å². The van der Waals surface area contributed by atoms with Crippen molar-refractivity contribution < 1.29 is 4.42 Å². The molecule has 3 aromatic heterocycles. The van der Waals surface area contributed by atoms with Gasteiger partial charge in [-0.25, -0.2) is 4.98 Å². The Morgan fingerprint density at radius 2 is 2.26 bits per heavy atom. The molecular formula is C14H14ClN3O. The zero-order valence-corrected chi connectivity index (χ0v) is 11.3. The van der Waals surface area contributed by atoms with E-state index in [0.29, 0.717) is 11.6 Å². The zero-order valence-electron chi connectivity index (χ0n) is 10.5. The smallest absolute Gasteiger partial charge is 0.137 e. The molecule has 0 aromatic carbocycles. The minimum atomic E-state index is 0.156. The van der Waals surface area contributed by atoms with Crippen molar-refractivity contribution in [3.05, 3.63) is 59.4 Å². The van der Waals surface area contributed by atoms with Crippen LogP contribution in [0.4, 0.5) is 0 Å². The number of hydrogen-bond acceptors (Lipinski definition) is 3. The van der Waals surface area contributed by atoms with Crippen LogP contribution in [0.2, 0.25) is 5.02 Å². The summed E-state index contributed by atoms with van der Waals surface area (Å²) in [7, 11) is 0. The Labute approximate surface area is 116 Å². The van der Waals surface area contributed by atoms with Crippen LogP contribution >= 0.6 is 11.6 Å². The van der Waals surface area contributed by atoms with Gasteiger partial charge in [-0.3, -0.25) is 0 Å². The van der Waals surface area contributed by atoms with Gasteiger partial charge in [-0.15, -0.1) is 0 Å². The van der Waals surface area contributed by atoms with Crippen LogP contribution in [0.3, 0.4) is 0 Å². The molecule has 0 saturated heterocycles. The zero-order chi connectivity index (χ0) is 13.2. The van der Waals surface area contributed by atoms with Crippen molar-refractivity contribution in [2.24, 2.45) is 0 Å². The van der Waals surface area contributed by atoms with Gasteiger partial charge in [0.25, 0.3) is 0 Å². The quantitative estimate of drug-likeness (QED) is 0.793. The third kappa shape index (κ3) is 2.64. The summed E-state index contributed by atoms with van der Waals surface area (Å²) in [4.78, 5) is 4.52. The second kappa shape index (κ2) is 5.07. The maximum atomic E-state index is 5.95. The summed E-state index contributed by atoms with van der Waals surface area (Å²) in [5.41, 5.74) is 1.87. The van der Waals surface area contributed by atoms with Gasteiger partial charge in [0.1, 0.15) is 11.4 Å². The number of furan rings is 1. The summed E-state index contributed by atoms with van der Waals surface area (Å²) in [6.07, 6.45) is 5.51. The Morgan fingerprint density at radius 3 is 3.05 bits per heavy atom. The Bertz CT molecular complexity index is 675. The number of nitrogens with one attached hydrogen (secondary N) is 1. The Morgan fingerprint density at radius 1 is 1.37 bits per heavy atom. The highest BCUT2D eigenvalue weighted by Gasteiger charge is 2.08. The highest BCUT2D eigenvalue weighted by molar-refractivity contribution is 6.30. The summed E-state index contributed by atoms with van der Waals surface area (Å²) in [6, 6.07) is 7.75. The molecule has 0 aliphatic heterocycles. The predicted molar refractivity (Wildman–Crippen MR) is 74.2 cm³/mol. The lowest BCUT2D eigenvalue weighted by atomic mass is 10.2. The first-order valence-corrected chi connectivity index (χ1v) is 6.50. The molecule has 0 aliphatic rings. The standard InChI is InChI=1S/C14H14ClN3O/c1-10(13-3-2-6-19-13)16-7-12-9-18-8-11(15)4-5-14(18)17-12/h2-6,8-10,16H,7H2,1H3. The Balaban J connectivity index is 1.71. The molecule has 0 radical (unpaired) electrons. The van der Waals surface area contributed by atoms with Crippen molar-refractivity contribution in [2.45, 2.75) is 19.5 Å². The normalized spacial score (nSPS) is 12.9. The first-order chi connectivity index (χ1) is 9.22. The average Bonchev–Trinajstić information content (AvgIpc) is 3.04. The molecule has 3 heterocycles. The van der Waals surface area contributed by atoms with Crippen LogP contribution in [0.15, 0.2) is 47.3 Å². The lowest BCUT2D eigenvalue weighted by molar-refractivity contribution is 0.429. The van der Waals surface area contributed by atoms with E-state index >= 15 is 0 Å². The van der Waals surface area contributed by atoms with Crippen LogP contribution in [0.25, 0.3) is 5.65 Å². The molecular weight excluding hydrogens is 262 g/mol. The molecule has 1 atom stereocenters. The van der Waals surface area contributed by atoms with Crippen molar-refractivity contribution in [1.29, 1.82) is 0 Å². The molecule has 5 heteroatoms. The third-order valence-electron chi connectivity index (χ3n) is 3.02. The van der Waals surface area contributed by atoms with Crippen molar-refractivity contribution in [3.8, 4) is 0 Å². The van der Waals surface area contributed by atoms with E-state index in [0.717, 1.165) is 17.1 Å². The average molecular weight is 276 g/mol. The van der Waals surface area contributed by atoms with Crippen LogP contribution in [-0.2, 0) is 6.54 Å². The Kier molecular flexibility index (Phi) is 3.27. The second-order valence-electron chi connectivity index (χ2n) is 4.46. The summed E-state index contributed by atoms with van der Waals surface area (Å²) in [5.74, 6) is 0.923. The number of imidazole rings is 1. The minimum absolute atomic E-state index is 0.156. The van der Waals surface area contributed by atoms with Crippen LogP contribution in [-0.4, -0.2) is 9.38 Å². The maximum Gasteiger partial charge on any atom is 0.137 e. The van der Waals surface area contributed by atoms with Gasteiger partial charge in [0.05, 0.1) is 23.0 Å². The molecule has 1 N–H and O–H groups in total. The maximum absolute atomic E-state index is 5.95. The van der Waals surface area contributed by atoms with Crippen LogP contribution in [0.1, 0.15) is 24.4 Å². The molecule has 19 heavy (non-hydrogen) atoms. The minimum Gasteiger partial charge on any atom is -0.468 e. The first kappa shape index (κ1) is 12.3. The summed E-state index contributed by atoms with van der Waals surface area (Å²) < 4.78 is 7.28. The number of pyridine rings is 1. The van der Waals surface area contributed by atoms with Gasteiger partial charge in [-0.05, 0) is 31.2 Å². The van der Waals surface area contributed by atoms with E-state index < -0.39 is 0 Å². The van der Waals surface area contributed by atoms with Crippen molar-refractivity contribution in [2.75, 3.05) is 0 Å². The van der Waals surface area contributed by atoms with E-state index in [4.69, 9.17) is 16.0 Å². The summed E-state index contributed by atoms with van der Waals surface area (Å²) in [6.45, 7) is 2.74. The summed E-state index contributed by atoms with van der Waals surface area (Å²) >= 11 is 5.95. The second-order valence-corrected chi connectivity index (χ2v) is 4.90. The summed E-state index contributed by atoms with van der Waals surface area (Å²) in [5, 5.41) is 4.08. The van der Waals surface area contributed by atoms with E-state index in [-0.39, 0.29) is 6.04 Å². The van der Waals surface area contributed by atoms with Gasteiger partial charge < -0.3 is 14.1 Å². The van der Waals surface area contributed by atoms with Crippen molar-refractivity contribution in [3.63, 3.8) is 0 Å². The highest BCUT2D eigenvalue weighted by Crippen LogP contribution is 2.14. The molecule has 4 nitrogen and oxygen atoms in total. The largest absolute Gasteiger partial charge is 0.468 e. The number of rotatable bonds is 4. The van der Waals surface area contributed by atoms with Crippen LogP contribution in [0, 0.1) is 0 Å². The lowest BCUT2D eigenvalue weighted by Crippen LogP contribution is -2.17. The molecule has 0 saturated carbocycles. The molecule has 0 spiro atoms. The number of hydrogen-bond donors (Lipinski definition) is 1. The fourth-order valence-electron chi connectivity index (χ4n) is 2.00. The van der Waals surface area contributed by atoms with Gasteiger partial charge in [0.15, 0.2) is 0 Å². The highest BCUT2D eigenvalue weighted by atomic mass is 35.5. The Hall–Kier alpha value is -1.78. The van der Waals surface area contributed by atoms with E-state index in [2.05, 4.69) is 17.2 Å².